The number of rotatable bonds is 12. The number of carbonyl (C=O) groups excluding carboxylic acids is 1. The molecular formula is C38H47N3O4S. The maximum Gasteiger partial charge on any atom is 0.410 e. The van der Waals surface area contributed by atoms with Crippen molar-refractivity contribution < 1.29 is 17.9 Å². The summed E-state index contributed by atoms with van der Waals surface area (Å²) < 4.78 is 35.7. The molecule has 1 heterocycles. The molecule has 46 heavy (non-hydrogen) atoms. The van der Waals surface area contributed by atoms with Crippen molar-refractivity contribution in [1.29, 1.82) is 0 Å². The van der Waals surface area contributed by atoms with Gasteiger partial charge in [-0.05, 0) is 81.2 Å². The summed E-state index contributed by atoms with van der Waals surface area (Å²) in [6.07, 6.45) is 7.05. The number of piperidine rings is 1. The number of sulfonamides is 1. The Labute approximate surface area is 275 Å². The lowest BCUT2D eigenvalue weighted by Crippen LogP contribution is -2.48. The number of nitrogens with zero attached hydrogens (tertiary/aromatic N) is 3. The average Bonchev–Trinajstić information content (AvgIpc) is 3.49. The number of amides is 1. The molecule has 1 aliphatic heterocycles. The Bertz CT molecular complexity index is 1560. The number of likely N-dealkylation sites (tertiary alicyclic amines) is 1. The topological polar surface area (TPSA) is 70.2 Å². The van der Waals surface area contributed by atoms with Crippen molar-refractivity contribution in [3.63, 3.8) is 0 Å². The summed E-state index contributed by atoms with van der Waals surface area (Å²) in [7, 11) is -3.78. The van der Waals surface area contributed by atoms with Crippen molar-refractivity contribution in [2.45, 2.75) is 63.1 Å². The van der Waals surface area contributed by atoms with Gasteiger partial charge in [0.2, 0.25) is 0 Å². The molecule has 1 aliphatic carbocycles. The Morgan fingerprint density at radius 3 is 2.13 bits per heavy atom. The molecule has 2 fully saturated rings. The van der Waals surface area contributed by atoms with Crippen molar-refractivity contribution in [2.24, 2.45) is 11.8 Å². The number of carbonyl (C=O) groups is 1. The van der Waals surface area contributed by atoms with Gasteiger partial charge in [0.05, 0.1) is 10.6 Å². The van der Waals surface area contributed by atoms with Gasteiger partial charge in [-0.3, -0.25) is 4.31 Å². The van der Waals surface area contributed by atoms with Crippen LogP contribution in [-0.2, 0) is 21.4 Å². The Kier molecular flexibility index (Phi) is 11.4. The van der Waals surface area contributed by atoms with E-state index < -0.39 is 10.0 Å². The quantitative estimate of drug-likeness (QED) is 0.191. The Morgan fingerprint density at radius 1 is 0.913 bits per heavy atom. The first-order valence-electron chi connectivity index (χ1n) is 16.5. The van der Waals surface area contributed by atoms with E-state index in [1.807, 2.05) is 91.6 Å². The number of hydrogen-bond acceptors (Lipinski definition) is 5. The summed E-state index contributed by atoms with van der Waals surface area (Å²) in [6, 6.07) is 27.9. The number of anilines is 1. The first-order chi connectivity index (χ1) is 22.3. The highest BCUT2D eigenvalue weighted by Crippen LogP contribution is 2.43. The Hall–Kier alpha value is -3.88. The molecule has 7 nitrogen and oxygen atoms in total. The van der Waals surface area contributed by atoms with Gasteiger partial charge in [-0.25, -0.2) is 13.2 Å². The fourth-order valence-corrected chi connectivity index (χ4v) is 8.88. The molecule has 1 saturated heterocycles. The standard InChI is InChI=1S/C38H47N3O4S/c1-4-15-30(3)37-27-35(41(34-18-11-7-12-19-34)46(43,44)36-20-13-8-14-21-36)26-32(37)28-39-24-22-33(23-25-39)40(5-2)38(42)45-29-31-16-9-6-10-17-31/h4,6-21,32-33,35,37H,3,5,22-29H2,1-2H3/b15-4-/t32-,35?,37-/m1/s1. The van der Waals surface area contributed by atoms with Gasteiger partial charge in [-0.2, -0.15) is 0 Å². The van der Waals surface area contributed by atoms with Crippen LogP contribution in [0, 0.1) is 11.8 Å². The molecule has 0 spiro atoms. The molecule has 244 valence electrons. The van der Waals surface area contributed by atoms with Crippen molar-refractivity contribution >= 4 is 21.8 Å². The van der Waals surface area contributed by atoms with Gasteiger partial charge in [0.15, 0.2) is 0 Å². The molecule has 8 heteroatoms. The SMILES string of the molecule is C=C(/C=C\C)[C@H]1CC(N(c2ccccc2)S(=O)(=O)c2ccccc2)C[C@@H]1CN1CCC(N(CC)C(=O)OCc2ccccc2)CC1. The lowest BCUT2D eigenvalue weighted by molar-refractivity contribution is 0.0598. The molecule has 0 N–H and O–H groups in total. The normalized spacial score (nSPS) is 20.9. The third kappa shape index (κ3) is 7.91. The lowest BCUT2D eigenvalue weighted by Gasteiger charge is -2.39. The molecule has 5 rings (SSSR count). The number of para-hydroxylation sites is 1. The van der Waals surface area contributed by atoms with Crippen LogP contribution < -0.4 is 4.31 Å². The van der Waals surface area contributed by atoms with E-state index in [-0.39, 0.29) is 36.6 Å². The largest absolute Gasteiger partial charge is 0.445 e. The molecule has 0 radical (unpaired) electrons. The van der Waals surface area contributed by atoms with Crippen LogP contribution in [0.3, 0.4) is 0 Å². The highest BCUT2D eigenvalue weighted by atomic mass is 32.2. The fraction of sp³-hybridized carbons (Fsp3) is 0.395. The molecule has 3 aromatic carbocycles. The van der Waals surface area contributed by atoms with Gasteiger partial charge in [-0.15, -0.1) is 0 Å². The smallest absolute Gasteiger partial charge is 0.410 e. The zero-order valence-corrected chi connectivity index (χ0v) is 27.9. The second-order valence-corrected chi connectivity index (χ2v) is 14.2. The minimum atomic E-state index is -3.78. The van der Waals surface area contributed by atoms with Gasteiger partial charge >= 0.3 is 6.09 Å². The van der Waals surface area contributed by atoms with E-state index in [1.165, 1.54) is 0 Å². The first-order valence-corrected chi connectivity index (χ1v) is 17.9. The summed E-state index contributed by atoms with van der Waals surface area (Å²) in [5.74, 6) is 0.414. The van der Waals surface area contributed by atoms with Crippen LogP contribution in [0.1, 0.15) is 45.1 Å². The van der Waals surface area contributed by atoms with Crippen LogP contribution in [0.4, 0.5) is 10.5 Å². The Balaban J connectivity index is 1.28. The van der Waals surface area contributed by atoms with Crippen molar-refractivity contribution in [1.82, 2.24) is 9.80 Å². The van der Waals surface area contributed by atoms with Gasteiger partial charge in [-0.1, -0.05) is 91.0 Å². The molecule has 1 unspecified atom stereocenters. The summed E-state index contributed by atoms with van der Waals surface area (Å²) in [4.78, 5) is 17.7. The van der Waals surface area contributed by atoms with E-state index in [0.717, 1.165) is 50.0 Å². The number of hydrogen-bond donors (Lipinski definition) is 0. The van der Waals surface area contributed by atoms with E-state index in [0.29, 0.717) is 23.5 Å². The molecule has 3 aromatic rings. The first kappa shape index (κ1) is 33.5. The number of allylic oxidation sites excluding steroid dienone is 3. The summed E-state index contributed by atoms with van der Waals surface area (Å²) in [5, 5.41) is 0. The van der Waals surface area contributed by atoms with Gasteiger partial charge in [0, 0.05) is 38.3 Å². The van der Waals surface area contributed by atoms with Crippen LogP contribution in [0.5, 0.6) is 0 Å². The van der Waals surface area contributed by atoms with Gasteiger partial charge in [0.25, 0.3) is 10.0 Å². The molecular weight excluding hydrogens is 595 g/mol. The molecule has 1 saturated carbocycles. The second kappa shape index (κ2) is 15.6. The molecule has 1 amide bonds. The highest BCUT2D eigenvalue weighted by molar-refractivity contribution is 7.92. The van der Waals surface area contributed by atoms with Crippen LogP contribution in [-0.4, -0.2) is 62.6 Å². The van der Waals surface area contributed by atoms with E-state index in [2.05, 4.69) is 17.6 Å². The van der Waals surface area contributed by atoms with Crippen LogP contribution in [0.15, 0.2) is 120 Å². The minimum Gasteiger partial charge on any atom is -0.445 e. The predicted octanol–water partition coefficient (Wildman–Crippen LogP) is 7.53. The second-order valence-electron chi connectivity index (χ2n) is 12.4. The minimum absolute atomic E-state index is 0.138. The number of benzene rings is 3. The van der Waals surface area contributed by atoms with E-state index in [1.54, 1.807) is 28.6 Å². The van der Waals surface area contributed by atoms with Crippen molar-refractivity contribution in [2.75, 3.05) is 30.5 Å². The third-order valence-electron chi connectivity index (χ3n) is 9.44. The summed E-state index contributed by atoms with van der Waals surface area (Å²) >= 11 is 0. The highest BCUT2D eigenvalue weighted by Gasteiger charge is 2.43. The summed E-state index contributed by atoms with van der Waals surface area (Å²) in [5.41, 5.74) is 2.72. The van der Waals surface area contributed by atoms with Crippen molar-refractivity contribution in [3.8, 4) is 0 Å². The van der Waals surface area contributed by atoms with Crippen LogP contribution >= 0.6 is 0 Å². The van der Waals surface area contributed by atoms with Gasteiger partial charge in [0.1, 0.15) is 6.61 Å². The number of ether oxygens (including phenoxy) is 1. The predicted molar refractivity (Wildman–Crippen MR) is 185 cm³/mol. The molecule has 0 bridgehead atoms. The maximum absolute atomic E-state index is 14.2. The molecule has 2 aliphatic rings. The zero-order chi connectivity index (χ0) is 32.5. The van der Waals surface area contributed by atoms with Gasteiger partial charge < -0.3 is 14.5 Å². The van der Waals surface area contributed by atoms with E-state index >= 15 is 0 Å². The summed E-state index contributed by atoms with van der Waals surface area (Å²) in [6.45, 7) is 11.9. The average molecular weight is 642 g/mol. The Morgan fingerprint density at radius 2 is 1.52 bits per heavy atom. The van der Waals surface area contributed by atoms with Crippen LogP contribution in [0.2, 0.25) is 0 Å². The van der Waals surface area contributed by atoms with E-state index in [9.17, 15) is 13.2 Å². The van der Waals surface area contributed by atoms with Crippen molar-refractivity contribution in [3.05, 3.63) is 121 Å². The third-order valence-corrected chi connectivity index (χ3v) is 11.3. The van der Waals surface area contributed by atoms with E-state index in [4.69, 9.17) is 4.74 Å². The maximum atomic E-state index is 14.2. The molecule has 3 atom stereocenters. The molecule has 0 aromatic heterocycles. The van der Waals surface area contributed by atoms with Crippen LogP contribution in [0.25, 0.3) is 0 Å². The zero-order valence-electron chi connectivity index (χ0n) is 27.1. The monoisotopic (exact) mass is 641 g/mol. The lowest BCUT2D eigenvalue weighted by atomic mass is 9.88. The fourth-order valence-electron chi connectivity index (χ4n) is 7.19.